The van der Waals surface area contributed by atoms with Crippen molar-refractivity contribution in [3.05, 3.63) is 0 Å². The van der Waals surface area contributed by atoms with E-state index in [1.54, 1.807) is 0 Å². The minimum atomic E-state index is -5.43. The molecule has 0 saturated heterocycles. The average molecular weight is 352 g/mol. The minimum absolute atomic E-state index is 0.0275. The SMILES string of the molecule is O=C1CC2CC3(C2)CC1CC3CCCOCC(F)(F)S(=O)(=O)O. The molecule has 4 rings (SSSR count). The molecular weight excluding hydrogens is 330 g/mol. The number of rotatable bonds is 7. The molecule has 2 atom stereocenters. The van der Waals surface area contributed by atoms with Gasteiger partial charge in [-0.15, -0.1) is 0 Å². The number of carbonyl (C=O) groups is 1. The summed E-state index contributed by atoms with van der Waals surface area (Å²) in [4.78, 5) is 12.0. The number of hydrogen-bond donors (Lipinski definition) is 1. The molecule has 0 amide bonds. The Morgan fingerprint density at radius 1 is 1.30 bits per heavy atom. The van der Waals surface area contributed by atoms with Crippen LogP contribution in [0.3, 0.4) is 0 Å². The van der Waals surface area contributed by atoms with E-state index >= 15 is 0 Å². The number of Topliss-reactive ketones (excluding diaryl/α,β-unsaturated/α-hetero) is 1. The molecule has 4 aliphatic carbocycles. The van der Waals surface area contributed by atoms with Gasteiger partial charge < -0.3 is 4.74 Å². The molecule has 1 spiro atoms. The van der Waals surface area contributed by atoms with Crippen LogP contribution in [0.15, 0.2) is 0 Å². The van der Waals surface area contributed by atoms with Crippen LogP contribution in [-0.2, 0) is 19.6 Å². The summed E-state index contributed by atoms with van der Waals surface area (Å²) in [6.07, 6.45) is 6.20. The van der Waals surface area contributed by atoms with Gasteiger partial charge in [-0.3, -0.25) is 9.35 Å². The van der Waals surface area contributed by atoms with Gasteiger partial charge in [0.05, 0.1) is 0 Å². The zero-order chi connectivity index (χ0) is 16.9. The maximum atomic E-state index is 13.0. The first-order valence-electron chi connectivity index (χ1n) is 8.08. The molecule has 3 bridgehead atoms. The molecule has 1 N–H and O–H groups in total. The number of alkyl halides is 2. The van der Waals surface area contributed by atoms with Crippen molar-refractivity contribution >= 4 is 15.9 Å². The van der Waals surface area contributed by atoms with Crippen LogP contribution in [0.2, 0.25) is 0 Å². The highest BCUT2D eigenvalue weighted by Crippen LogP contribution is 2.65. The van der Waals surface area contributed by atoms with Crippen molar-refractivity contribution in [1.29, 1.82) is 0 Å². The first kappa shape index (κ1) is 17.2. The van der Waals surface area contributed by atoms with Gasteiger partial charge in [-0.1, -0.05) is 0 Å². The third kappa shape index (κ3) is 3.17. The zero-order valence-corrected chi connectivity index (χ0v) is 13.7. The van der Waals surface area contributed by atoms with Crippen molar-refractivity contribution in [2.45, 2.75) is 50.2 Å². The highest BCUT2D eigenvalue weighted by Gasteiger charge is 2.58. The molecule has 0 aromatic rings. The van der Waals surface area contributed by atoms with Crippen molar-refractivity contribution in [3.63, 3.8) is 0 Å². The Morgan fingerprint density at radius 2 is 2.00 bits per heavy atom. The Bertz CT molecular complexity index is 583. The molecule has 0 aliphatic heterocycles. The summed E-state index contributed by atoms with van der Waals surface area (Å²) >= 11 is 0. The van der Waals surface area contributed by atoms with Crippen molar-refractivity contribution < 1.29 is 31.3 Å². The summed E-state index contributed by atoms with van der Waals surface area (Å²) in [7, 11) is -5.43. The van der Waals surface area contributed by atoms with Crippen molar-refractivity contribution in [2.24, 2.45) is 23.2 Å². The summed E-state index contributed by atoms with van der Waals surface area (Å²) < 4.78 is 60.0. The smallest absolute Gasteiger partial charge is 0.374 e. The van der Waals surface area contributed by atoms with Gasteiger partial charge in [0.1, 0.15) is 12.4 Å². The fourth-order valence-electron chi connectivity index (χ4n) is 4.89. The lowest BCUT2D eigenvalue weighted by Gasteiger charge is -2.49. The van der Waals surface area contributed by atoms with Gasteiger partial charge in [-0.2, -0.15) is 17.2 Å². The Balaban J connectivity index is 1.43. The first-order valence-corrected chi connectivity index (χ1v) is 9.52. The second kappa shape index (κ2) is 5.74. The van der Waals surface area contributed by atoms with Crippen LogP contribution < -0.4 is 0 Å². The Hall–Kier alpha value is -0.600. The summed E-state index contributed by atoms with van der Waals surface area (Å²) in [6, 6.07) is 0. The topological polar surface area (TPSA) is 80.7 Å². The number of ether oxygens (including phenoxy) is 1. The number of ketones is 1. The molecule has 5 nitrogen and oxygen atoms in total. The third-order valence-electron chi connectivity index (χ3n) is 5.91. The van der Waals surface area contributed by atoms with Crippen molar-refractivity contribution in [2.75, 3.05) is 13.2 Å². The molecule has 2 unspecified atom stereocenters. The number of hydrogen-bond acceptors (Lipinski definition) is 4. The van der Waals surface area contributed by atoms with E-state index in [0.717, 1.165) is 38.5 Å². The van der Waals surface area contributed by atoms with Crippen LogP contribution in [0.5, 0.6) is 0 Å². The summed E-state index contributed by atoms with van der Waals surface area (Å²) in [6.45, 7) is -1.30. The van der Waals surface area contributed by atoms with E-state index in [4.69, 9.17) is 9.29 Å². The zero-order valence-electron chi connectivity index (χ0n) is 12.8. The average Bonchev–Trinajstić information content (AvgIpc) is 2.62. The predicted octanol–water partition coefficient (Wildman–Crippen LogP) is 2.66. The molecule has 0 heterocycles. The maximum Gasteiger partial charge on any atom is 0.392 e. The van der Waals surface area contributed by atoms with E-state index in [9.17, 15) is 22.0 Å². The Kier molecular flexibility index (Phi) is 4.30. The van der Waals surface area contributed by atoms with E-state index in [-0.39, 0.29) is 17.9 Å². The summed E-state index contributed by atoms with van der Waals surface area (Å²) in [5.41, 5.74) is 0.278. The van der Waals surface area contributed by atoms with E-state index in [1.807, 2.05) is 0 Å². The number of fused-ring (bicyclic) bond motifs is 1. The van der Waals surface area contributed by atoms with Gasteiger partial charge >= 0.3 is 15.4 Å². The second-order valence-electron chi connectivity index (χ2n) is 7.45. The van der Waals surface area contributed by atoms with Gasteiger partial charge in [0.25, 0.3) is 0 Å². The van der Waals surface area contributed by atoms with Gasteiger partial charge in [0.2, 0.25) is 0 Å². The highest BCUT2D eigenvalue weighted by molar-refractivity contribution is 7.86. The van der Waals surface area contributed by atoms with Gasteiger partial charge in [0, 0.05) is 18.9 Å². The van der Waals surface area contributed by atoms with Crippen LogP contribution in [0.1, 0.15) is 44.9 Å². The first-order chi connectivity index (χ1) is 10.6. The highest BCUT2D eigenvalue weighted by atomic mass is 32.2. The lowest BCUT2D eigenvalue weighted by atomic mass is 9.56. The van der Waals surface area contributed by atoms with Crippen molar-refractivity contribution in [3.8, 4) is 0 Å². The van der Waals surface area contributed by atoms with Gasteiger partial charge in [-0.25, -0.2) is 0 Å². The largest absolute Gasteiger partial charge is 0.392 e. The maximum absolute atomic E-state index is 13.0. The lowest BCUT2D eigenvalue weighted by Crippen LogP contribution is -2.40. The molecule has 0 radical (unpaired) electrons. The van der Waals surface area contributed by atoms with E-state index in [0.29, 0.717) is 24.0 Å². The number of carbonyl (C=O) groups excluding carboxylic acids is 1. The minimum Gasteiger partial charge on any atom is -0.374 e. The molecule has 23 heavy (non-hydrogen) atoms. The third-order valence-corrected chi connectivity index (χ3v) is 6.78. The van der Waals surface area contributed by atoms with Crippen LogP contribution in [0, 0.1) is 23.2 Å². The molecule has 0 aromatic heterocycles. The number of halogens is 2. The molecule has 4 aliphatic rings. The monoisotopic (exact) mass is 352 g/mol. The van der Waals surface area contributed by atoms with Crippen LogP contribution >= 0.6 is 0 Å². The molecule has 4 saturated carbocycles. The van der Waals surface area contributed by atoms with Crippen molar-refractivity contribution in [1.82, 2.24) is 0 Å². The van der Waals surface area contributed by atoms with Gasteiger partial charge in [-0.05, 0) is 55.8 Å². The Morgan fingerprint density at radius 3 is 2.65 bits per heavy atom. The summed E-state index contributed by atoms with van der Waals surface area (Å²) in [5.74, 6) is 1.55. The standard InChI is InChI=1S/C15H22F2O5S/c16-15(17,23(19,20)21)9-22-3-1-2-12-5-11-8-14(12)6-10(7-14)4-13(11)18/h10-12H,1-9H2,(H,19,20,21). The van der Waals surface area contributed by atoms with Gasteiger partial charge in [0.15, 0.2) is 0 Å². The normalized spacial score (nSPS) is 36.7. The molecule has 4 fully saturated rings. The van der Waals surface area contributed by atoms with E-state index in [1.165, 1.54) is 0 Å². The quantitative estimate of drug-likeness (QED) is 0.563. The molecule has 8 heteroatoms. The second-order valence-corrected chi connectivity index (χ2v) is 9.00. The van der Waals surface area contributed by atoms with Crippen LogP contribution in [0.25, 0.3) is 0 Å². The van der Waals surface area contributed by atoms with E-state index in [2.05, 4.69) is 0 Å². The lowest BCUT2D eigenvalue weighted by molar-refractivity contribution is -0.124. The molecular formula is C15H22F2O5S. The van der Waals surface area contributed by atoms with Crippen LogP contribution in [-0.4, -0.2) is 37.2 Å². The van der Waals surface area contributed by atoms with Crippen LogP contribution in [0.4, 0.5) is 8.78 Å². The fourth-order valence-corrected chi connectivity index (χ4v) is 5.12. The fraction of sp³-hybridized carbons (Fsp3) is 0.933. The van der Waals surface area contributed by atoms with E-state index < -0.39 is 22.0 Å². The summed E-state index contributed by atoms with van der Waals surface area (Å²) in [5, 5.41) is -4.26. The Labute approximate surface area is 134 Å². The molecule has 0 aromatic carbocycles. The predicted molar refractivity (Wildman–Crippen MR) is 77.5 cm³/mol. The molecule has 132 valence electrons.